The highest BCUT2D eigenvalue weighted by Gasteiger charge is 2.15. The quantitative estimate of drug-likeness (QED) is 0.860. The van der Waals surface area contributed by atoms with Crippen molar-refractivity contribution >= 4 is 22.9 Å². The van der Waals surface area contributed by atoms with Gasteiger partial charge in [-0.05, 0) is 28.5 Å². The second-order valence-electron chi connectivity index (χ2n) is 4.36. The molecule has 1 N–H and O–H groups in total. The van der Waals surface area contributed by atoms with Crippen molar-refractivity contribution in [3.8, 4) is 0 Å². The Balaban J connectivity index is 2.26. The number of hydrogen-bond acceptors (Lipinski definition) is 2. The molecule has 0 saturated carbocycles. The lowest BCUT2D eigenvalue weighted by Gasteiger charge is -2.12. The molecule has 0 aliphatic heterocycles. The van der Waals surface area contributed by atoms with E-state index in [9.17, 15) is 5.11 Å². The molecule has 0 bridgehead atoms. The van der Waals surface area contributed by atoms with Crippen LogP contribution in [0, 0.1) is 0 Å². The van der Waals surface area contributed by atoms with E-state index < -0.39 is 6.10 Å². The summed E-state index contributed by atoms with van der Waals surface area (Å²) in [4.78, 5) is 0.809. The zero-order chi connectivity index (χ0) is 12.4. The normalized spacial score (nSPS) is 13.0. The average molecular weight is 267 g/mol. The summed E-state index contributed by atoms with van der Waals surface area (Å²) in [7, 11) is 0. The van der Waals surface area contributed by atoms with E-state index >= 15 is 0 Å². The van der Waals surface area contributed by atoms with Crippen LogP contribution in [0.4, 0.5) is 0 Å². The minimum atomic E-state index is -0.622. The van der Waals surface area contributed by atoms with Crippen LogP contribution >= 0.6 is 22.9 Å². The van der Waals surface area contributed by atoms with Crippen LogP contribution in [0.2, 0.25) is 5.02 Å². The molecule has 1 heterocycles. The second-order valence-corrected chi connectivity index (χ2v) is 5.71. The summed E-state index contributed by atoms with van der Waals surface area (Å²) in [6, 6.07) is 9.87. The molecule has 1 unspecified atom stereocenters. The van der Waals surface area contributed by atoms with Gasteiger partial charge < -0.3 is 5.11 Å². The Morgan fingerprint density at radius 2 is 1.65 bits per heavy atom. The van der Waals surface area contributed by atoms with Crippen LogP contribution in [-0.4, -0.2) is 5.11 Å². The summed E-state index contributed by atoms with van der Waals surface area (Å²) in [5.41, 5.74) is 2.16. The molecule has 0 radical (unpaired) electrons. The Labute approximate surface area is 111 Å². The van der Waals surface area contributed by atoms with Crippen molar-refractivity contribution < 1.29 is 5.11 Å². The van der Waals surface area contributed by atoms with Gasteiger partial charge in [0.05, 0.1) is 9.90 Å². The Bertz CT molecular complexity index is 487. The van der Waals surface area contributed by atoms with E-state index in [2.05, 4.69) is 26.0 Å². The average Bonchev–Trinajstić information content (AvgIpc) is 2.74. The first-order chi connectivity index (χ1) is 8.09. The smallest absolute Gasteiger partial charge is 0.115 e. The summed E-state index contributed by atoms with van der Waals surface area (Å²) in [6.45, 7) is 4.31. The van der Waals surface area contributed by atoms with Gasteiger partial charge in [-0.1, -0.05) is 49.7 Å². The molecule has 0 amide bonds. The van der Waals surface area contributed by atoms with Gasteiger partial charge in [0, 0.05) is 0 Å². The predicted octanol–water partition coefficient (Wildman–Crippen LogP) is 4.61. The lowest BCUT2D eigenvalue weighted by molar-refractivity contribution is 0.224. The first kappa shape index (κ1) is 12.6. The van der Waals surface area contributed by atoms with E-state index in [1.54, 1.807) is 0 Å². The van der Waals surface area contributed by atoms with Gasteiger partial charge in [-0.3, -0.25) is 0 Å². The Kier molecular flexibility index (Phi) is 3.87. The van der Waals surface area contributed by atoms with Crippen LogP contribution in [-0.2, 0) is 0 Å². The van der Waals surface area contributed by atoms with Crippen LogP contribution in [0.15, 0.2) is 35.7 Å². The summed E-state index contributed by atoms with van der Waals surface area (Å²) in [5.74, 6) is 0.506. The summed E-state index contributed by atoms with van der Waals surface area (Å²) in [5, 5.41) is 12.7. The second kappa shape index (κ2) is 5.21. The highest BCUT2D eigenvalue weighted by Crippen LogP contribution is 2.33. The van der Waals surface area contributed by atoms with Crippen molar-refractivity contribution in [1.29, 1.82) is 0 Å². The molecule has 2 aromatic rings. The molecule has 0 saturated heterocycles. The molecule has 0 aliphatic rings. The number of thiophene rings is 1. The number of benzene rings is 1. The van der Waals surface area contributed by atoms with E-state index in [4.69, 9.17) is 11.6 Å². The first-order valence-electron chi connectivity index (χ1n) is 5.60. The molecule has 1 aromatic carbocycles. The van der Waals surface area contributed by atoms with Crippen LogP contribution in [0.25, 0.3) is 0 Å². The van der Waals surface area contributed by atoms with Gasteiger partial charge in [0.1, 0.15) is 6.10 Å². The lowest BCUT2D eigenvalue weighted by atomic mass is 9.99. The number of hydrogen-bond donors (Lipinski definition) is 1. The van der Waals surface area contributed by atoms with Gasteiger partial charge >= 0.3 is 0 Å². The molecule has 17 heavy (non-hydrogen) atoms. The molecule has 3 heteroatoms. The molecule has 0 aliphatic carbocycles. The van der Waals surface area contributed by atoms with Crippen LogP contribution in [0.1, 0.15) is 41.9 Å². The van der Waals surface area contributed by atoms with E-state index in [1.165, 1.54) is 16.9 Å². The topological polar surface area (TPSA) is 20.2 Å². The molecule has 90 valence electrons. The fourth-order valence-corrected chi connectivity index (χ4v) is 2.89. The van der Waals surface area contributed by atoms with Gasteiger partial charge in [0.15, 0.2) is 0 Å². The number of aliphatic hydroxyl groups excluding tert-OH is 1. The molecule has 1 atom stereocenters. The zero-order valence-electron chi connectivity index (χ0n) is 9.85. The van der Waals surface area contributed by atoms with Crippen LogP contribution < -0.4 is 0 Å². The minimum absolute atomic E-state index is 0.506. The highest BCUT2D eigenvalue weighted by atomic mass is 35.5. The van der Waals surface area contributed by atoms with Crippen molar-refractivity contribution in [2.75, 3.05) is 0 Å². The van der Waals surface area contributed by atoms with Gasteiger partial charge in [-0.2, -0.15) is 0 Å². The van der Waals surface area contributed by atoms with E-state index in [0.717, 1.165) is 10.4 Å². The summed E-state index contributed by atoms with van der Waals surface area (Å²) >= 11 is 7.50. The third kappa shape index (κ3) is 2.71. The largest absolute Gasteiger partial charge is 0.383 e. The zero-order valence-corrected chi connectivity index (χ0v) is 11.4. The van der Waals surface area contributed by atoms with Gasteiger partial charge in [-0.25, -0.2) is 0 Å². The molecule has 1 aromatic heterocycles. The predicted molar refractivity (Wildman–Crippen MR) is 73.9 cm³/mol. The SMILES string of the molecule is CC(C)c1ccc(C(O)c2sccc2Cl)cc1. The van der Waals surface area contributed by atoms with Crippen LogP contribution in [0.3, 0.4) is 0 Å². The van der Waals surface area contributed by atoms with E-state index in [-0.39, 0.29) is 0 Å². The molecular formula is C14H15ClOS. The maximum atomic E-state index is 10.2. The Morgan fingerprint density at radius 3 is 2.12 bits per heavy atom. The van der Waals surface area contributed by atoms with Crippen molar-refractivity contribution in [2.45, 2.75) is 25.9 Å². The molecule has 0 spiro atoms. The first-order valence-corrected chi connectivity index (χ1v) is 6.86. The fraction of sp³-hybridized carbons (Fsp3) is 0.286. The van der Waals surface area contributed by atoms with E-state index in [0.29, 0.717) is 10.9 Å². The molecule has 0 fully saturated rings. The van der Waals surface area contributed by atoms with Gasteiger partial charge in [0.25, 0.3) is 0 Å². The Hall–Kier alpha value is -0.830. The number of aliphatic hydroxyl groups is 1. The number of rotatable bonds is 3. The van der Waals surface area contributed by atoms with Crippen LogP contribution in [0.5, 0.6) is 0 Å². The van der Waals surface area contributed by atoms with Crippen molar-refractivity contribution in [2.24, 2.45) is 0 Å². The molecule has 1 nitrogen and oxygen atoms in total. The third-order valence-corrected chi connectivity index (χ3v) is 4.22. The molecular weight excluding hydrogens is 252 g/mol. The highest BCUT2D eigenvalue weighted by molar-refractivity contribution is 7.10. The third-order valence-electron chi connectivity index (χ3n) is 2.81. The summed E-state index contributed by atoms with van der Waals surface area (Å²) in [6.07, 6.45) is -0.622. The van der Waals surface area contributed by atoms with Gasteiger partial charge in [0.2, 0.25) is 0 Å². The Morgan fingerprint density at radius 1 is 1.06 bits per heavy atom. The standard InChI is InChI=1S/C14H15ClOS/c1-9(2)10-3-5-11(6-4-10)13(16)14-12(15)7-8-17-14/h3-9,13,16H,1-2H3. The monoisotopic (exact) mass is 266 g/mol. The maximum absolute atomic E-state index is 10.2. The fourth-order valence-electron chi connectivity index (χ4n) is 1.72. The summed E-state index contributed by atoms with van der Waals surface area (Å²) < 4.78 is 0. The lowest BCUT2D eigenvalue weighted by Crippen LogP contribution is -1.98. The maximum Gasteiger partial charge on any atom is 0.115 e. The van der Waals surface area contributed by atoms with Gasteiger partial charge in [-0.15, -0.1) is 11.3 Å². The molecule has 2 rings (SSSR count). The van der Waals surface area contributed by atoms with Crippen molar-refractivity contribution in [3.05, 3.63) is 56.7 Å². The van der Waals surface area contributed by atoms with Crippen molar-refractivity contribution in [3.63, 3.8) is 0 Å². The minimum Gasteiger partial charge on any atom is -0.383 e. The van der Waals surface area contributed by atoms with E-state index in [1.807, 2.05) is 23.6 Å². The van der Waals surface area contributed by atoms with Crippen molar-refractivity contribution in [1.82, 2.24) is 0 Å². The number of halogens is 1.